The lowest BCUT2D eigenvalue weighted by Crippen LogP contribution is -2.43. The first-order valence-corrected chi connectivity index (χ1v) is 5.93. The minimum absolute atomic E-state index is 0.210. The second kappa shape index (κ2) is 5.13. The van der Waals surface area contributed by atoms with Crippen molar-refractivity contribution in [2.75, 3.05) is 26.2 Å². The minimum atomic E-state index is -0.283. The molecule has 1 aliphatic rings. The van der Waals surface area contributed by atoms with Gasteiger partial charge in [0.25, 0.3) is 0 Å². The molecule has 1 fully saturated rings. The molecular weight excluding hydrogens is 227 g/mol. The number of benzene rings is 1. The summed E-state index contributed by atoms with van der Waals surface area (Å²) in [5.74, 6) is -0.283. The molecule has 0 aliphatic carbocycles. The number of rotatable bonds is 2. The van der Waals surface area contributed by atoms with Crippen molar-refractivity contribution in [3.63, 3.8) is 0 Å². The molecule has 2 rings (SSSR count). The predicted octanol–water partition coefficient (Wildman–Crippen LogP) is 2.19. The van der Waals surface area contributed by atoms with Gasteiger partial charge in [0.15, 0.2) is 0 Å². The summed E-state index contributed by atoms with van der Waals surface area (Å²) in [6.45, 7) is 6.65. The Hall–Kier alpha value is -0.640. The standard InChI is InChI=1S/C12H16ClFN2/c1-9-10(2-3-11(13)12(9)14)8-16-6-4-15-5-7-16/h2-3,15H,4-8H2,1H3. The number of hydrogen-bond acceptors (Lipinski definition) is 2. The molecule has 1 saturated heterocycles. The van der Waals surface area contributed by atoms with E-state index in [2.05, 4.69) is 10.2 Å². The van der Waals surface area contributed by atoms with Crippen LogP contribution in [-0.4, -0.2) is 31.1 Å². The Kier molecular flexibility index (Phi) is 3.79. The normalized spacial score (nSPS) is 17.7. The second-order valence-electron chi connectivity index (χ2n) is 4.17. The summed E-state index contributed by atoms with van der Waals surface area (Å²) in [5, 5.41) is 3.51. The van der Waals surface area contributed by atoms with E-state index in [1.807, 2.05) is 6.07 Å². The molecule has 4 heteroatoms. The molecule has 0 spiro atoms. The highest BCUT2D eigenvalue weighted by atomic mass is 35.5. The summed E-state index contributed by atoms with van der Waals surface area (Å²) in [6.07, 6.45) is 0. The van der Waals surface area contributed by atoms with Crippen LogP contribution < -0.4 is 5.32 Å². The molecule has 0 radical (unpaired) electrons. The molecule has 1 N–H and O–H groups in total. The van der Waals surface area contributed by atoms with Crippen molar-refractivity contribution in [2.45, 2.75) is 13.5 Å². The van der Waals surface area contributed by atoms with Crippen LogP contribution in [-0.2, 0) is 6.54 Å². The van der Waals surface area contributed by atoms with Gasteiger partial charge in [0.05, 0.1) is 5.02 Å². The Morgan fingerprint density at radius 2 is 2.06 bits per heavy atom. The third-order valence-electron chi connectivity index (χ3n) is 3.06. The largest absolute Gasteiger partial charge is 0.314 e. The van der Waals surface area contributed by atoms with Crippen molar-refractivity contribution in [1.29, 1.82) is 0 Å². The highest BCUT2D eigenvalue weighted by Gasteiger charge is 2.13. The van der Waals surface area contributed by atoms with Crippen LogP contribution in [0.3, 0.4) is 0 Å². The van der Waals surface area contributed by atoms with Crippen molar-refractivity contribution in [3.05, 3.63) is 34.1 Å². The van der Waals surface area contributed by atoms with Crippen molar-refractivity contribution >= 4 is 11.6 Å². The first-order chi connectivity index (χ1) is 7.68. The van der Waals surface area contributed by atoms with E-state index in [1.54, 1.807) is 13.0 Å². The van der Waals surface area contributed by atoms with Gasteiger partial charge in [0.1, 0.15) is 5.82 Å². The Balaban J connectivity index is 2.11. The van der Waals surface area contributed by atoms with Gasteiger partial charge in [-0.15, -0.1) is 0 Å². The Labute approximate surface area is 100 Å². The third kappa shape index (κ3) is 2.54. The first kappa shape index (κ1) is 11.8. The van der Waals surface area contributed by atoms with Crippen LogP contribution in [0.4, 0.5) is 4.39 Å². The summed E-state index contributed by atoms with van der Waals surface area (Å²) >= 11 is 5.73. The van der Waals surface area contributed by atoms with Crippen LogP contribution in [0.5, 0.6) is 0 Å². The molecule has 1 heterocycles. The van der Waals surface area contributed by atoms with Gasteiger partial charge in [-0.2, -0.15) is 0 Å². The highest BCUT2D eigenvalue weighted by molar-refractivity contribution is 6.30. The Bertz CT molecular complexity index is 376. The predicted molar refractivity (Wildman–Crippen MR) is 64.3 cm³/mol. The van der Waals surface area contributed by atoms with Gasteiger partial charge in [0.2, 0.25) is 0 Å². The molecule has 0 bridgehead atoms. The molecule has 2 nitrogen and oxygen atoms in total. The van der Waals surface area contributed by atoms with Gasteiger partial charge in [-0.05, 0) is 24.1 Å². The lowest BCUT2D eigenvalue weighted by atomic mass is 10.1. The van der Waals surface area contributed by atoms with Gasteiger partial charge >= 0.3 is 0 Å². The van der Waals surface area contributed by atoms with E-state index in [9.17, 15) is 4.39 Å². The lowest BCUT2D eigenvalue weighted by molar-refractivity contribution is 0.232. The molecule has 0 saturated carbocycles. The van der Waals surface area contributed by atoms with Crippen LogP contribution >= 0.6 is 11.6 Å². The molecule has 0 atom stereocenters. The van der Waals surface area contributed by atoms with Crippen LogP contribution in [0.2, 0.25) is 5.02 Å². The maximum Gasteiger partial charge on any atom is 0.145 e. The average Bonchev–Trinajstić information content (AvgIpc) is 2.31. The molecule has 0 unspecified atom stereocenters. The van der Waals surface area contributed by atoms with Crippen molar-refractivity contribution in [1.82, 2.24) is 10.2 Å². The lowest BCUT2D eigenvalue weighted by Gasteiger charge is -2.27. The van der Waals surface area contributed by atoms with Crippen LogP contribution in [0.1, 0.15) is 11.1 Å². The molecule has 0 amide bonds. The van der Waals surface area contributed by atoms with Gasteiger partial charge < -0.3 is 5.32 Å². The number of piperazine rings is 1. The fourth-order valence-electron chi connectivity index (χ4n) is 1.97. The second-order valence-corrected chi connectivity index (χ2v) is 4.58. The van der Waals surface area contributed by atoms with Gasteiger partial charge in [-0.1, -0.05) is 17.7 Å². The van der Waals surface area contributed by atoms with E-state index >= 15 is 0 Å². The maximum absolute atomic E-state index is 13.6. The quantitative estimate of drug-likeness (QED) is 0.856. The van der Waals surface area contributed by atoms with Crippen LogP contribution in [0.15, 0.2) is 12.1 Å². The van der Waals surface area contributed by atoms with E-state index < -0.39 is 0 Å². The molecule has 1 aromatic rings. The van der Waals surface area contributed by atoms with E-state index in [0.29, 0.717) is 5.56 Å². The number of halogens is 2. The SMILES string of the molecule is Cc1c(CN2CCNCC2)ccc(Cl)c1F. The number of nitrogens with zero attached hydrogens (tertiary/aromatic N) is 1. The Morgan fingerprint density at radius 1 is 1.38 bits per heavy atom. The van der Waals surface area contributed by atoms with E-state index in [0.717, 1.165) is 38.3 Å². The Morgan fingerprint density at radius 3 is 2.75 bits per heavy atom. The molecule has 1 aliphatic heterocycles. The number of nitrogens with one attached hydrogen (secondary N) is 1. The minimum Gasteiger partial charge on any atom is -0.314 e. The van der Waals surface area contributed by atoms with E-state index in [4.69, 9.17) is 11.6 Å². The van der Waals surface area contributed by atoms with E-state index in [-0.39, 0.29) is 10.8 Å². The van der Waals surface area contributed by atoms with Gasteiger partial charge in [-0.3, -0.25) is 4.90 Å². The topological polar surface area (TPSA) is 15.3 Å². The monoisotopic (exact) mass is 242 g/mol. The zero-order valence-corrected chi connectivity index (χ0v) is 10.1. The number of hydrogen-bond donors (Lipinski definition) is 1. The summed E-state index contributed by atoms with van der Waals surface area (Å²) in [4.78, 5) is 2.33. The maximum atomic E-state index is 13.6. The fourth-order valence-corrected chi connectivity index (χ4v) is 2.18. The highest BCUT2D eigenvalue weighted by Crippen LogP contribution is 2.22. The van der Waals surface area contributed by atoms with Crippen LogP contribution in [0.25, 0.3) is 0 Å². The summed E-state index contributed by atoms with van der Waals surface area (Å²) < 4.78 is 13.6. The molecule has 0 aromatic heterocycles. The van der Waals surface area contributed by atoms with Crippen molar-refractivity contribution < 1.29 is 4.39 Å². The zero-order valence-electron chi connectivity index (χ0n) is 9.39. The molecule has 16 heavy (non-hydrogen) atoms. The molecule has 88 valence electrons. The van der Waals surface area contributed by atoms with Crippen molar-refractivity contribution in [3.8, 4) is 0 Å². The van der Waals surface area contributed by atoms with E-state index in [1.165, 1.54) is 0 Å². The van der Waals surface area contributed by atoms with Crippen LogP contribution in [0, 0.1) is 12.7 Å². The summed E-state index contributed by atoms with van der Waals surface area (Å²) in [5.41, 5.74) is 1.70. The average molecular weight is 243 g/mol. The molecular formula is C12H16ClFN2. The summed E-state index contributed by atoms with van der Waals surface area (Å²) in [7, 11) is 0. The summed E-state index contributed by atoms with van der Waals surface area (Å²) in [6, 6.07) is 3.56. The fraction of sp³-hybridized carbons (Fsp3) is 0.500. The molecule has 1 aromatic carbocycles. The third-order valence-corrected chi connectivity index (χ3v) is 3.35. The smallest absolute Gasteiger partial charge is 0.145 e. The zero-order chi connectivity index (χ0) is 11.5. The first-order valence-electron chi connectivity index (χ1n) is 5.55. The van der Waals surface area contributed by atoms with Gasteiger partial charge in [0, 0.05) is 32.7 Å². The van der Waals surface area contributed by atoms with Crippen molar-refractivity contribution in [2.24, 2.45) is 0 Å². The van der Waals surface area contributed by atoms with Gasteiger partial charge in [-0.25, -0.2) is 4.39 Å².